The Kier molecular flexibility index (Phi) is 7.34. The normalized spacial score (nSPS) is 18.4. The zero-order valence-corrected chi connectivity index (χ0v) is 16.6. The first-order chi connectivity index (χ1) is 13.2. The summed E-state index contributed by atoms with van der Waals surface area (Å²) >= 11 is 0. The fourth-order valence-corrected chi connectivity index (χ4v) is 3.63. The number of nitrogens with one attached hydrogen (secondary N) is 2. The van der Waals surface area contributed by atoms with Crippen LogP contribution in [0.2, 0.25) is 0 Å². The number of nitrogens with zero attached hydrogens (tertiary/aromatic N) is 2. The molecule has 0 aliphatic carbocycles. The largest absolute Gasteiger partial charge is 0.467 e. The molecular weight excluding hydrogens is 336 g/mol. The number of rotatable bonds is 7. The molecule has 1 aromatic heterocycles. The Bertz CT molecular complexity index is 711. The van der Waals surface area contributed by atoms with E-state index in [0.29, 0.717) is 13.1 Å². The molecule has 1 aliphatic rings. The van der Waals surface area contributed by atoms with Gasteiger partial charge in [-0.15, -0.1) is 0 Å². The Balaban J connectivity index is 1.63. The molecule has 5 heteroatoms. The van der Waals surface area contributed by atoms with Crippen LogP contribution in [0.3, 0.4) is 0 Å². The molecule has 3 rings (SSSR count). The summed E-state index contributed by atoms with van der Waals surface area (Å²) in [6, 6.07) is 12.5. The number of piperidine rings is 1. The quantitative estimate of drug-likeness (QED) is 0.577. The van der Waals surface area contributed by atoms with E-state index in [4.69, 9.17) is 9.41 Å². The predicted molar refractivity (Wildman–Crippen MR) is 110 cm³/mol. The van der Waals surface area contributed by atoms with Crippen LogP contribution in [0.15, 0.2) is 52.1 Å². The van der Waals surface area contributed by atoms with Crippen molar-refractivity contribution in [2.45, 2.75) is 46.3 Å². The molecule has 0 bridgehead atoms. The van der Waals surface area contributed by atoms with Crippen LogP contribution >= 0.6 is 0 Å². The van der Waals surface area contributed by atoms with Gasteiger partial charge in [-0.3, -0.25) is 4.90 Å². The molecular formula is C22H32N4O. The van der Waals surface area contributed by atoms with Crippen LogP contribution in [0.1, 0.15) is 43.6 Å². The maximum Gasteiger partial charge on any atom is 0.191 e. The minimum absolute atomic E-state index is 0.631. The van der Waals surface area contributed by atoms with Crippen molar-refractivity contribution in [1.29, 1.82) is 0 Å². The van der Waals surface area contributed by atoms with Crippen LogP contribution in [0.25, 0.3) is 0 Å². The predicted octanol–water partition coefficient (Wildman–Crippen LogP) is 3.77. The van der Waals surface area contributed by atoms with Crippen molar-refractivity contribution in [2.24, 2.45) is 10.9 Å². The summed E-state index contributed by atoms with van der Waals surface area (Å²) in [5.74, 6) is 2.52. The molecule has 1 aromatic carbocycles. The third kappa shape index (κ3) is 6.14. The highest BCUT2D eigenvalue weighted by Gasteiger charge is 2.17. The smallest absolute Gasteiger partial charge is 0.191 e. The lowest BCUT2D eigenvalue weighted by Gasteiger charge is -2.31. The highest BCUT2D eigenvalue weighted by atomic mass is 16.3. The maximum absolute atomic E-state index is 5.39. The van der Waals surface area contributed by atoms with E-state index in [2.05, 4.69) is 53.6 Å². The second kappa shape index (κ2) is 10.2. The van der Waals surface area contributed by atoms with Gasteiger partial charge in [0.25, 0.3) is 0 Å². The molecule has 2 heterocycles. The van der Waals surface area contributed by atoms with E-state index in [1.54, 1.807) is 6.26 Å². The van der Waals surface area contributed by atoms with Gasteiger partial charge >= 0.3 is 0 Å². The molecule has 0 saturated carbocycles. The van der Waals surface area contributed by atoms with E-state index in [1.807, 2.05) is 12.1 Å². The third-order valence-corrected chi connectivity index (χ3v) is 5.02. The van der Waals surface area contributed by atoms with Crippen LogP contribution in [0.4, 0.5) is 0 Å². The summed E-state index contributed by atoms with van der Waals surface area (Å²) in [6.45, 7) is 9.99. The Morgan fingerprint density at radius 3 is 2.78 bits per heavy atom. The van der Waals surface area contributed by atoms with Crippen LogP contribution in [0, 0.1) is 5.92 Å². The molecule has 1 fully saturated rings. The van der Waals surface area contributed by atoms with Crippen molar-refractivity contribution >= 4 is 5.96 Å². The van der Waals surface area contributed by atoms with Gasteiger partial charge in [-0.1, -0.05) is 31.2 Å². The average molecular weight is 369 g/mol. The molecule has 2 aromatic rings. The maximum atomic E-state index is 5.39. The topological polar surface area (TPSA) is 52.8 Å². The Morgan fingerprint density at radius 1 is 1.19 bits per heavy atom. The van der Waals surface area contributed by atoms with E-state index in [1.165, 1.54) is 37.1 Å². The van der Waals surface area contributed by atoms with E-state index < -0.39 is 0 Å². The molecule has 27 heavy (non-hydrogen) atoms. The van der Waals surface area contributed by atoms with Crippen molar-refractivity contribution in [1.82, 2.24) is 15.5 Å². The van der Waals surface area contributed by atoms with E-state index in [9.17, 15) is 0 Å². The Labute approximate surface area is 162 Å². The fourth-order valence-electron chi connectivity index (χ4n) is 3.63. The minimum atomic E-state index is 0.631. The molecule has 1 saturated heterocycles. The van der Waals surface area contributed by atoms with Crippen molar-refractivity contribution < 1.29 is 4.42 Å². The van der Waals surface area contributed by atoms with Gasteiger partial charge in [-0.25, -0.2) is 4.99 Å². The van der Waals surface area contributed by atoms with Crippen molar-refractivity contribution in [2.75, 3.05) is 19.6 Å². The van der Waals surface area contributed by atoms with Gasteiger partial charge in [0.1, 0.15) is 5.76 Å². The van der Waals surface area contributed by atoms with Gasteiger partial charge in [0, 0.05) is 19.6 Å². The minimum Gasteiger partial charge on any atom is -0.467 e. The molecule has 5 nitrogen and oxygen atoms in total. The van der Waals surface area contributed by atoms with Gasteiger partial charge in [0.2, 0.25) is 0 Å². The van der Waals surface area contributed by atoms with Gasteiger partial charge in [-0.2, -0.15) is 0 Å². The molecule has 0 amide bonds. The third-order valence-electron chi connectivity index (χ3n) is 5.02. The van der Waals surface area contributed by atoms with Crippen LogP contribution in [0.5, 0.6) is 0 Å². The van der Waals surface area contributed by atoms with Gasteiger partial charge in [-0.05, 0) is 55.5 Å². The highest BCUT2D eigenvalue weighted by Crippen LogP contribution is 2.20. The number of aliphatic imine (C=N–C) groups is 1. The lowest BCUT2D eigenvalue weighted by molar-refractivity contribution is 0.176. The van der Waals surface area contributed by atoms with Gasteiger partial charge in [0.05, 0.1) is 19.4 Å². The molecule has 0 spiro atoms. The van der Waals surface area contributed by atoms with Crippen LogP contribution in [-0.2, 0) is 19.6 Å². The number of benzene rings is 1. The lowest BCUT2D eigenvalue weighted by atomic mass is 9.99. The second-order valence-corrected chi connectivity index (χ2v) is 7.38. The first kappa shape index (κ1) is 19.5. The summed E-state index contributed by atoms with van der Waals surface area (Å²) in [5.41, 5.74) is 2.68. The van der Waals surface area contributed by atoms with Crippen molar-refractivity contribution in [3.8, 4) is 0 Å². The zero-order chi connectivity index (χ0) is 18.9. The average Bonchev–Trinajstić information content (AvgIpc) is 3.19. The molecule has 0 radical (unpaired) electrons. The summed E-state index contributed by atoms with van der Waals surface area (Å²) in [5, 5.41) is 6.64. The molecule has 1 unspecified atom stereocenters. The molecule has 146 valence electrons. The summed E-state index contributed by atoms with van der Waals surface area (Å²) in [7, 11) is 0. The van der Waals surface area contributed by atoms with E-state index in [-0.39, 0.29) is 0 Å². The number of furan rings is 1. The molecule has 1 aliphatic heterocycles. The first-order valence-corrected chi connectivity index (χ1v) is 10.1. The number of guanidine groups is 1. The highest BCUT2D eigenvalue weighted by molar-refractivity contribution is 5.79. The lowest BCUT2D eigenvalue weighted by Crippen LogP contribution is -2.36. The first-order valence-electron chi connectivity index (χ1n) is 10.1. The van der Waals surface area contributed by atoms with Crippen molar-refractivity contribution in [3.63, 3.8) is 0 Å². The summed E-state index contributed by atoms with van der Waals surface area (Å²) < 4.78 is 5.39. The van der Waals surface area contributed by atoms with Gasteiger partial charge < -0.3 is 15.1 Å². The zero-order valence-electron chi connectivity index (χ0n) is 16.6. The summed E-state index contributed by atoms with van der Waals surface area (Å²) in [4.78, 5) is 7.37. The number of hydrogen-bond acceptors (Lipinski definition) is 3. The van der Waals surface area contributed by atoms with Gasteiger partial charge in [0.15, 0.2) is 5.96 Å². The van der Waals surface area contributed by atoms with Crippen LogP contribution < -0.4 is 10.6 Å². The Hall–Kier alpha value is -2.27. The van der Waals surface area contributed by atoms with Crippen molar-refractivity contribution in [3.05, 3.63) is 59.5 Å². The number of likely N-dealkylation sites (tertiary alicyclic amines) is 1. The SMILES string of the molecule is CCNC(=NCc1ccccc1CN1CCCC(C)C1)NCc1ccco1. The number of hydrogen-bond donors (Lipinski definition) is 2. The standard InChI is InChI=1S/C22H32N4O/c1-3-23-22(25-15-21-11-7-13-27-21)24-14-19-9-4-5-10-20(19)17-26-12-6-8-18(2)16-26/h4-5,7,9-11,13,18H,3,6,8,12,14-17H2,1-2H3,(H2,23,24,25). The second-order valence-electron chi connectivity index (χ2n) is 7.38. The monoisotopic (exact) mass is 368 g/mol. The Morgan fingerprint density at radius 2 is 2.04 bits per heavy atom. The van der Waals surface area contributed by atoms with Crippen LogP contribution in [-0.4, -0.2) is 30.5 Å². The van der Waals surface area contributed by atoms with E-state index in [0.717, 1.165) is 30.7 Å². The molecule has 2 N–H and O–H groups in total. The van der Waals surface area contributed by atoms with E-state index >= 15 is 0 Å². The fraction of sp³-hybridized carbons (Fsp3) is 0.500. The molecule has 1 atom stereocenters. The summed E-state index contributed by atoms with van der Waals surface area (Å²) in [6.07, 6.45) is 4.36.